The van der Waals surface area contributed by atoms with Crippen LogP contribution >= 0.6 is 23.2 Å². The summed E-state index contributed by atoms with van der Waals surface area (Å²) < 4.78 is 0. The van der Waals surface area contributed by atoms with Gasteiger partial charge in [0, 0.05) is 28.9 Å². The lowest BCUT2D eigenvalue weighted by molar-refractivity contribution is -0.122. The van der Waals surface area contributed by atoms with Crippen LogP contribution in [0, 0.1) is 5.92 Å². The molecule has 1 aromatic rings. The number of hydrogen-bond donors (Lipinski definition) is 0. The van der Waals surface area contributed by atoms with Crippen molar-refractivity contribution in [2.75, 3.05) is 24.9 Å². The molecule has 1 aliphatic rings. The molecule has 2 rings (SSSR count). The summed E-state index contributed by atoms with van der Waals surface area (Å²) in [6.45, 7) is 1.90. The van der Waals surface area contributed by atoms with Gasteiger partial charge in [-0.2, -0.15) is 0 Å². The molecule has 0 aliphatic heterocycles. The number of nitrogens with zero attached hydrogens (tertiary/aromatic N) is 2. The highest BCUT2D eigenvalue weighted by molar-refractivity contribution is 6.20. The van der Waals surface area contributed by atoms with Gasteiger partial charge in [-0.3, -0.25) is 4.79 Å². The highest BCUT2D eigenvalue weighted by Crippen LogP contribution is 2.32. The van der Waals surface area contributed by atoms with Crippen molar-refractivity contribution < 1.29 is 4.79 Å². The number of carbonyl (C=O) groups is 1. The minimum atomic E-state index is -0.204. The zero-order chi connectivity index (χ0) is 17.7. The Labute approximate surface area is 155 Å². The summed E-state index contributed by atoms with van der Waals surface area (Å²) in [6, 6.07) is 10.3. The van der Waals surface area contributed by atoms with Crippen molar-refractivity contribution in [3.8, 4) is 0 Å². The van der Waals surface area contributed by atoms with Crippen molar-refractivity contribution >= 4 is 34.8 Å². The number of para-hydroxylation sites is 1. The second-order valence-corrected chi connectivity index (χ2v) is 7.89. The molecule has 4 unspecified atom stereocenters. The molecule has 0 aromatic heterocycles. The van der Waals surface area contributed by atoms with E-state index in [1.165, 1.54) is 0 Å². The number of halogens is 2. The van der Waals surface area contributed by atoms with Crippen LogP contribution in [0.1, 0.15) is 32.6 Å². The van der Waals surface area contributed by atoms with Gasteiger partial charge in [0.15, 0.2) is 0 Å². The largest absolute Gasteiger partial charge is 0.308 e. The summed E-state index contributed by atoms with van der Waals surface area (Å²) in [4.78, 5) is 17.3. The van der Waals surface area contributed by atoms with E-state index in [9.17, 15) is 4.79 Å². The van der Waals surface area contributed by atoms with Gasteiger partial charge < -0.3 is 9.80 Å². The van der Waals surface area contributed by atoms with Gasteiger partial charge in [-0.1, -0.05) is 25.1 Å². The molecule has 1 aliphatic carbocycles. The zero-order valence-corrected chi connectivity index (χ0v) is 16.3. The van der Waals surface area contributed by atoms with Gasteiger partial charge in [0.25, 0.3) is 0 Å². The second kappa shape index (κ2) is 9.07. The van der Waals surface area contributed by atoms with Crippen molar-refractivity contribution in [3.63, 3.8) is 0 Å². The van der Waals surface area contributed by atoms with Crippen LogP contribution in [0.3, 0.4) is 0 Å². The second-order valence-electron chi connectivity index (χ2n) is 6.96. The van der Waals surface area contributed by atoms with Crippen LogP contribution in [0.15, 0.2) is 30.3 Å². The summed E-state index contributed by atoms with van der Waals surface area (Å²) >= 11 is 12.5. The molecule has 0 spiro atoms. The number of benzene rings is 1. The lowest BCUT2D eigenvalue weighted by atomic mass is 9.97. The normalized spacial score (nSPS) is 26.0. The molecule has 0 radical (unpaired) electrons. The van der Waals surface area contributed by atoms with Gasteiger partial charge in [0.05, 0.1) is 6.04 Å². The van der Waals surface area contributed by atoms with E-state index in [1.807, 2.05) is 42.2 Å². The number of hydrogen-bond acceptors (Lipinski definition) is 2. The minimum absolute atomic E-state index is 0.0982. The van der Waals surface area contributed by atoms with Gasteiger partial charge in [-0.25, -0.2) is 0 Å². The molecule has 1 amide bonds. The predicted molar refractivity (Wildman–Crippen MR) is 103 cm³/mol. The first-order chi connectivity index (χ1) is 11.5. The van der Waals surface area contributed by atoms with Crippen LogP contribution in [0.4, 0.5) is 5.69 Å². The third-order valence-corrected chi connectivity index (χ3v) is 5.74. The Hall–Kier alpha value is -0.770. The van der Waals surface area contributed by atoms with E-state index in [-0.39, 0.29) is 29.3 Å². The molecule has 1 fully saturated rings. The van der Waals surface area contributed by atoms with Crippen molar-refractivity contribution in [1.82, 2.24) is 4.90 Å². The highest BCUT2D eigenvalue weighted by Gasteiger charge is 2.37. The third kappa shape index (κ3) is 4.65. The third-order valence-electron chi connectivity index (χ3n) is 4.88. The molecule has 3 nitrogen and oxygen atoms in total. The van der Waals surface area contributed by atoms with E-state index in [0.29, 0.717) is 5.88 Å². The van der Waals surface area contributed by atoms with Crippen LogP contribution in [-0.4, -0.2) is 48.2 Å². The Morgan fingerprint density at radius 3 is 2.46 bits per heavy atom. The molecule has 5 heteroatoms. The molecule has 0 saturated heterocycles. The fourth-order valence-electron chi connectivity index (χ4n) is 3.51. The maximum absolute atomic E-state index is 13.1. The van der Waals surface area contributed by atoms with Gasteiger partial charge in [-0.05, 0) is 51.9 Å². The summed E-state index contributed by atoms with van der Waals surface area (Å²) in [7, 11) is 4.15. The first-order valence-electron chi connectivity index (χ1n) is 8.70. The Morgan fingerprint density at radius 2 is 1.88 bits per heavy atom. The molecule has 1 aromatic carbocycles. The van der Waals surface area contributed by atoms with E-state index in [4.69, 9.17) is 23.2 Å². The molecule has 134 valence electrons. The maximum Gasteiger partial charge on any atom is 0.231 e. The molecule has 0 heterocycles. The summed E-state index contributed by atoms with van der Waals surface area (Å²) in [6.07, 6.45) is 3.89. The highest BCUT2D eigenvalue weighted by atomic mass is 35.5. The van der Waals surface area contributed by atoms with E-state index in [1.54, 1.807) is 0 Å². The van der Waals surface area contributed by atoms with Gasteiger partial charge >= 0.3 is 0 Å². The predicted octanol–water partition coefficient (Wildman–Crippen LogP) is 4.37. The number of rotatable bonds is 5. The lowest BCUT2D eigenvalue weighted by Gasteiger charge is -2.40. The van der Waals surface area contributed by atoms with Crippen LogP contribution in [0.25, 0.3) is 0 Å². The number of alkyl halides is 2. The smallest absolute Gasteiger partial charge is 0.231 e. The number of carbonyl (C=O) groups excluding carboxylic acids is 1. The average Bonchev–Trinajstić information content (AvgIpc) is 2.77. The zero-order valence-electron chi connectivity index (χ0n) is 14.8. The first kappa shape index (κ1) is 19.6. The molecule has 4 atom stereocenters. The fourth-order valence-corrected chi connectivity index (χ4v) is 3.98. The molecular weight excluding hydrogens is 343 g/mol. The van der Waals surface area contributed by atoms with Gasteiger partial charge in [0.2, 0.25) is 5.91 Å². The Balaban J connectivity index is 2.41. The fraction of sp³-hybridized carbons (Fsp3) is 0.632. The molecule has 24 heavy (non-hydrogen) atoms. The van der Waals surface area contributed by atoms with Gasteiger partial charge in [0.1, 0.15) is 0 Å². The van der Waals surface area contributed by atoms with E-state index < -0.39 is 0 Å². The molecule has 0 N–H and O–H groups in total. The Bertz CT molecular complexity index is 523. The van der Waals surface area contributed by atoms with Crippen LogP contribution < -0.4 is 4.90 Å². The monoisotopic (exact) mass is 370 g/mol. The lowest BCUT2D eigenvalue weighted by Crippen LogP contribution is -2.53. The van der Waals surface area contributed by atoms with E-state index in [0.717, 1.165) is 31.4 Å². The average molecular weight is 371 g/mol. The number of anilines is 1. The van der Waals surface area contributed by atoms with E-state index in [2.05, 4.69) is 19.0 Å². The van der Waals surface area contributed by atoms with E-state index >= 15 is 0 Å². The van der Waals surface area contributed by atoms with Crippen molar-refractivity contribution in [2.45, 2.75) is 50.1 Å². The summed E-state index contributed by atoms with van der Waals surface area (Å²) in [5, 5.41) is 0.167. The maximum atomic E-state index is 13.1. The van der Waals surface area contributed by atoms with Gasteiger partial charge in [-0.15, -0.1) is 23.2 Å². The molecular formula is C19H28Cl2N2O. The van der Waals surface area contributed by atoms with Crippen molar-refractivity contribution in [2.24, 2.45) is 5.92 Å². The van der Waals surface area contributed by atoms with Crippen molar-refractivity contribution in [1.29, 1.82) is 0 Å². The first-order valence-corrected chi connectivity index (χ1v) is 9.67. The quantitative estimate of drug-likeness (QED) is 0.567. The topological polar surface area (TPSA) is 23.6 Å². The summed E-state index contributed by atoms with van der Waals surface area (Å²) in [5.41, 5.74) is 0.948. The molecule has 0 bridgehead atoms. The molecule has 1 saturated carbocycles. The Morgan fingerprint density at radius 1 is 1.21 bits per heavy atom. The SMILES string of the molecule is CC(CCl)C(=O)N(c1ccccc1)C1CCCC(Cl)CC1N(C)C. The summed E-state index contributed by atoms with van der Waals surface area (Å²) in [5.74, 6) is 0.227. The van der Waals surface area contributed by atoms with Crippen LogP contribution in [0.5, 0.6) is 0 Å². The van der Waals surface area contributed by atoms with Crippen LogP contribution in [0.2, 0.25) is 0 Å². The minimum Gasteiger partial charge on any atom is -0.308 e. The standard InChI is InChI=1S/C19H28Cl2N2O/c1-14(13-20)19(24)23(16-9-5-4-6-10-16)17-11-7-8-15(21)12-18(17)22(2)3/h4-6,9-10,14-15,17-18H,7-8,11-13H2,1-3H3. The van der Waals surface area contributed by atoms with Crippen LogP contribution in [-0.2, 0) is 4.79 Å². The Kier molecular flexibility index (Phi) is 7.39. The van der Waals surface area contributed by atoms with Crippen molar-refractivity contribution in [3.05, 3.63) is 30.3 Å². The number of amides is 1. The number of likely N-dealkylation sites (N-methyl/N-ethyl adjacent to an activating group) is 1.